The number of rotatable bonds is 6. The minimum absolute atomic E-state index is 0.157. The molecule has 0 radical (unpaired) electrons. The number of halogens is 2. The van der Waals surface area contributed by atoms with Crippen molar-refractivity contribution in [1.29, 1.82) is 0 Å². The zero-order valence-corrected chi connectivity index (χ0v) is 18.0. The molecule has 2 aromatic rings. The Labute approximate surface area is 175 Å². The number of piperazine rings is 1. The number of methoxy groups -OCH3 is 2. The highest BCUT2D eigenvalue weighted by Gasteiger charge is 2.29. The van der Waals surface area contributed by atoms with E-state index in [0.29, 0.717) is 37.7 Å². The van der Waals surface area contributed by atoms with E-state index in [9.17, 15) is 8.42 Å². The molecule has 2 aromatic carbocycles. The first kappa shape index (κ1) is 21.2. The summed E-state index contributed by atoms with van der Waals surface area (Å²) in [5.74, 6) is 1.54. The monoisotopic (exact) mass is 444 g/mol. The van der Waals surface area contributed by atoms with Gasteiger partial charge in [0.25, 0.3) is 0 Å². The lowest BCUT2D eigenvalue weighted by Gasteiger charge is -2.34. The first-order valence-corrected chi connectivity index (χ1v) is 10.9. The largest absolute Gasteiger partial charge is 0.497 e. The van der Waals surface area contributed by atoms with Crippen LogP contribution in [0.15, 0.2) is 41.3 Å². The number of hydrogen-bond donors (Lipinski definition) is 0. The lowest BCUT2D eigenvalue weighted by atomic mass is 10.1. The summed E-state index contributed by atoms with van der Waals surface area (Å²) in [6, 6.07) is 10.0. The fourth-order valence-corrected chi connectivity index (χ4v) is 4.97. The van der Waals surface area contributed by atoms with Crippen LogP contribution in [0.25, 0.3) is 0 Å². The molecule has 1 aliphatic heterocycles. The van der Waals surface area contributed by atoms with E-state index in [4.69, 9.17) is 32.7 Å². The summed E-state index contributed by atoms with van der Waals surface area (Å²) in [5.41, 5.74) is 1.00. The lowest BCUT2D eigenvalue weighted by molar-refractivity contribution is 0.180. The maximum absolute atomic E-state index is 12.9. The van der Waals surface area contributed by atoms with E-state index in [0.717, 1.165) is 17.1 Å². The number of hydrogen-bond acceptors (Lipinski definition) is 5. The van der Waals surface area contributed by atoms with Gasteiger partial charge in [-0.15, -0.1) is 0 Å². The van der Waals surface area contributed by atoms with Gasteiger partial charge in [-0.05, 0) is 36.4 Å². The quantitative estimate of drug-likeness (QED) is 0.681. The van der Waals surface area contributed by atoms with Crippen molar-refractivity contribution < 1.29 is 17.9 Å². The maximum atomic E-state index is 12.9. The van der Waals surface area contributed by atoms with Crippen molar-refractivity contribution in [2.24, 2.45) is 0 Å². The van der Waals surface area contributed by atoms with E-state index >= 15 is 0 Å². The van der Waals surface area contributed by atoms with E-state index < -0.39 is 10.0 Å². The van der Waals surface area contributed by atoms with Gasteiger partial charge in [-0.2, -0.15) is 4.31 Å². The molecule has 0 aromatic heterocycles. The van der Waals surface area contributed by atoms with E-state index in [1.165, 1.54) is 22.5 Å². The fourth-order valence-electron chi connectivity index (χ4n) is 3.16. The van der Waals surface area contributed by atoms with Crippen LogP contribution in [0.2, 0.25) is 10.0 Å². The lowest BCUT2D eigenvalue weighted by Crippen LogP contribution is -2.48. The standard InChI is InChI=1S/C19H22Cl2N2O4S/c1-26-15-3-6-19(27-2)14(11-15)13-22-7-9-23(10-8-22)28(24,25)16-4-5-17(20)18(21)12-16/h3-6,11-12H,7-10,13H2,1-2H3. The van der Waals surface area contributed by atoms with E-state index in [2.05, 4.69) is 4.90 Å². The first-order chi connectivity index (χ1) is 13.3. The Kier molecular flexibility index (Phi) is 6.73. The maximum Gasteiger partial charge on any atom is 0.243 e. The molecule has 152 valence electrons. The molecule has 0 N–H and O–H groups in total. The van der Waals surface area contributed by atoms with E-state index in [1.54, 1.807) is 14.2 Å². The highest BCUT2D eigenvalue weighted by atomic mass is 35.5. The summed E-state index contributed by atoms with van der Waals surface area (Å²) < 4.78 is 37.9. The van der Waals surface area contributed by atoms with E-state index in [1.807, 2.05) is 18.2 Å². The number of nitrogens with zero attached hydrogens (tertiary/aromatic N) is 2. The summed E-state index contributed by atoms with van der Waals surface area (Å²) in [5, 5.41) is 0.559. The summed E-state index contributed by atoms with van der Waals surface area (Å²) >= 11 is 11.9. The molecule has 0 saturated carbocycles. The van der Waals surface area contributed by atoms with Gasteiger partial charge in [0.1, 0.15) is 11.5 Å². The molecule has 0 bridgehead atoms. The van der Waals surface area contributed by atoms with Crippen LogP contribution in [0, 0.1) is 0 Å². The molecule has 1 aliphatic rings. The van der Waals surface area contributed by atoms with Gasteiger partial charge in [-0.1, -0.05) is 23.2 Å². The van der Waals surface area contributed by atoms with Gasteiger partial charge in [0, 0.05) is 38.3 Å². The van der Waals surface area contributed by atoms with Crippen molar-refractivity contribution in [2.75, 3.05) is 40.4 Å². The molecule has 0 spiro atoms. The fraction of sp³-hybridized carbons (Fsp3) is 0.368. The molecule has 1 fully saturated rings. The molecule has 0 amide bonds. The normalized spacial score (nSPS) is 16.1. The van der Waals surface area contributed by atoms with Crippen molar-refractivity contribution in [3.63, 3.8) is 0 Å². The zero-order chi connectivity index (χ0) is 20.3. The third kappa shape index (κ3) is 4.55. The molecule has 0 aliphatic carbocycles. The van der Waals surface area contributed by atoms with Crippen LogP contribution < -0.4 is 9.47 Å². The number of ether oxygens (including phenoxy) is 2. The Hall–Kier alpha value is -1.51. The predicted molar refractivity (Wildman–Crippen MR) is 110 cm³/mol. The van der Waals surface area contributed by atoms with Gasteiger partial charge in [-0.25, -0.2) is 8.42 Å². The highest BCUT2D eigenvalue weighted by molar-refractivity contribution is 7.89. The molecular formula is C19H22Cl2N2O4S. The second kappa shape index (κ2) is 8.88. The SMILES string of the molecule is COc1ccc(OC)c(CN2CCN(S(=O)(=O)c3ccc(Cl)c(Cl)c3)CC2)c1. The number of sulfonamides is 1. The molecule has 6 nitrogen and oxygen atoms in total. The second-order valence-electron chi connectivity index (χ2n) is 6.43. The Morgan fingerprint density at radius 3 is 2.25 bits per heavy atom. The summed E-state index contributed by atoms with van der Waals surface area (Å²) in [4.78, 5) is 2.35. The third-order valence-corrected chi connectivity index (χ3v) is 7.38. The summed E-state index contributed by atoms with van der Waals surface area (Å²) in [6.07, 6.45) is 0. The Bertz CT molecular complexity index is 945. The molecule has 28 heavy (non-hydrogen) atoms. The highest BCUT2D eigenvalue weighted by Crippen LogP contribution is 2.28. The second-order valence-corrected chi connectivity index (χ2v) is 9.19. The van der Waals surface area contributed by atoms with Gasteiger partial charge >= 0.3 is 0 Å². The van der Waals surface area contributed by atoms with Crippen molar-refractivity contribution in [2.45, 2.75) is 11.4 Å². The van der Waals surface area contributed by atoms with Crippen LogP contribution in [-0.2, 0) is 16.6 Å². The van der Waals surface area contributed by atoms with Crippen molar-refractivity contribution >= 4 is 33.2 Å². The van der Waals surface area contributed by atoms with Gasteiger partial charge in [0.2, 0.25) is 10.0 Å². The van der Waals surface area contributed by atoms with Crippen LogP contribution in [0.4, 0.5) is 0 Å². The molecule has 0 unspecified atom stereocenters. The summed E-state index contributed by atoms with van der Waals surface area (Å²) in [7, 11) is -0.347. The topological polar surface area (TPSA) is 59.1 Å². The van der Waals surface area contributed by atoms with Gasteiger partial charge in [0.15, 0.2) is 0 Å². The van der Waals surface area contributed by atoms with Gasteiger partial charge < -0.3 is 9.47 Å². The predicted octanol–water partition coefficient (Wildman–Crippen LogP) is 3.52. The zero-order valence-electron chi connectivity index (χ0n) is 15.7. The number of benzene rings is 2. The molecule has 1 saturated heterocycles. The first-order valence-electron chi connectivity index (χ1n) is 8.73. The molecule has 1 heterocycles. The summed E-state index contributed by atoms with van der Waals surface area (Å²) in [6.45, 7) is 2.67. The minimum Gasteiger partial charge on any atom is -0.497 e. The van der Waals surface area contributed by atoms with E-state index in [-0.39, 0.29) is 9.92 Å². The van der Waals surface area contributed by atoms with Crippen molar-refractivity contribution in [3.05, 3.63) is 52.0 Å². The van der Waals surface area contributed by atoms with Crippen molar-refractivity contribution in [1.82, 2.24) is 9.21 Å². The molecule has 3 rings (SSSR count). The molecule has 9 heteroatoms. The van der Waals surface area contributed by atoms with Gasteiger partial charge in [-0.3, -0.25) is 4.90 Å². The molecular weight excluding hydrogens is 423 g/mol. The van der Waals surface area contributed by atoms with Crippen LogP contribution in [-0.4, -0.2) is 58.0 Å². The smallest absolute Gasteiger partial charge is 0.243 e. The average molecular weight is 445 g/mol. The van der Waals surface area contributed by atoms with Gasteiger partial charge in [0.05, 0.1) is 29.2 Å². The Morgan fingerprint density at radius 1 is 0.929 bits per heavy atom. The van der Waals surface area contributed by atoms with Crippen LogP contribution in [0.3, 0.4) is 0 Å². The van der Waals surface area contributed by atoms with Crippen LogP contribution in [0.1, 0.15) is 5.56 Å². The Balaban J connectivity index is 1.68. The Morgan fingerprint density at radius 2 is 1.64 bits per heavy atom. The van der Waals surface area contributed by atoms with Crippen LogP contribution in [0.5, 0.6) is 11.5 Å². The minimum atomic E-state index is -3.60. The third-order valence-electron chi connectivity index (χ3n) is 4.74. The van der Waals surface area contributed by atoms with Crippen molar-refractivity contribution in [3.8, 4) is 11.5 Å². The average Bonchev–Trinajstić information content (AvgIpc) is 2.70. The van der Waals surface area contributed by atoms with Crippen LogP contribution >= 0.6 is 23.2 Å². The molecule has 0 atom stereocenters.